The topological polar surface area (TPSA) is 98.2 Å². The molecular weight excluding hydrogens is 378 g/mol. The van der Waals surface area contributed by atoms with E-state index in [-0.39, 0.29) is 28.4 Å². The Morgan fingerprint density at radius 1 is 0.741 bits per heavy atom. The standard InChI is InChI=1S/C20H15N3O2S2/c21-9-5-6-12(14(26)7-9)23-13-8-15(27)18(22)17-16(13)19(24)10-3-1-2-4-11(10)20(17)25/h1-8,23,26-27H,21-22H2. The minimum absolute atomic E-state index is 0.171. The largest absolute Gasteiger partial charge is 0.399 e. The molecule has 0 unspecified atom stereocenters. The molecule has 0 aromatic heterocycles. The van der Waals surface area contributed by atoms with Gasteiger partial charge in [0.25, 0.3) is 0 Å². The Balaban J connectivity index is 1.94. The van der Waals surface area contributed by atoms with Crippen LogP contribution in [0.25, 0.3) is 0 Å². The van der Waals surface area contributed by atoms with Gasteiger partial charge in [-0.3, -0.25) is 9.59 Å². The molecule has 0 spiro atoms. The minimum Gasteiger partial charge on any atom is -0.399 e. The second kappa shape index (κ2) is 6.37. The van der Waals surface area contributed by atoms with Gasteiger partial charge in [0.05, 0.1) is 28.2 Å². The second-order valence-corrected chi connectivity index (χ2v) is 7.18. The molecule has 0 heterocycles. The third-order valence-electron chi connectivity index (χ3n) is 4.51. The summed E-state index contributed by atoms with van der Waals surface area (Å²) in [7, 11) is 0. The third-order valence-corrected chi connectivity index (χ3v) is 5.25. The van der Waals surface area contributed by atoms with Gasteiger partial charge in [-0.05, 0) is 24.3 Å². The molecular formula is C20H15N3O2S2. The first-order chi connectivity index (χ1) is 12.9. The molecule has 7 heteroatoms. The fraction of sp³-hybridized carbons (Fsp3) is 0. The number of carbonyl (C=O) groups excluding carboxylic acids is 2. The highest BCUT2D eigenvalue weighted by Crippen LogP contribution is 2.40. The van der Waals surface area contributed by atoms with Crippen molar-refractivity contribution < 1.29 is 9.59 Å². The molecule has 1 aliphatic carbocycles. The smallest absolute Gasteiger partial charge is 0.196 e. The number of fused-ring (bicyclic) bond motifs is 2. The first-order valence-electron chi connectivity index (χ1n) is 8.08. The van der Waals surface area contributed by atoms with E-state index in [1.807, 2.05) is 0 Å². The number of ketones is 2. The lowest BCUT2D eigenvalue weighted by Gasteiger charge is -2.23. The molecule has 0 amide bonds. The number of hydrogen-bond donors (Lipinski definition) is 5. The van der Waals surface area contributed by atoms with Gasteiger partial charge in [0.1, 0.15) is 0 Å². The molecule has 0 saturated heterocycles. The van der Waals surface area contributed by atoms with Crippen molar-refractivity contribution in [1.82, 2.24) is 0 Å². The molecule has 5 N–H and O–H groups in total. The molecule has 27 heavy (non-hydrogen) atoms. The predicted octanol–water partition coefficient (Wildman–Crippen LogP) is 3.95. The molecule has 3 aromatic carbocycles. The quantitative estimate of drug-likeness (QED) is 0.262. The average molecular weight is 393 g/mol. The van der Waals surface area contributed by atoms with Gasteiger partial charge in [-0.25, -0.2) is 0 Å². The highest BCUT2D eigenvalue weighted by molar-refractivity contribution is 7.80. The Kier molecular flexibility index (Phi) is 4.13. The zero-order valence-corrected chi connectivity index (χ0v) is 15.8. The molecule has 0 radical (unpaired) electrons. The van der Waals surface area contributed by atoms with Crippen molar-refractivity contribution in [1.29, 1.82) is 0 Å². The number of rotatable bonds is 2. The molecule has 0 bridgehead atoms. The van der Waals surface area contributed by atoms with Gasteiger partial charge in [0, 0.05) is 26.6 Å². The SMILES string of the molecule is Nc1ccc(Nc2cc(S)c(N)c3c2C(=O)c2ccccc2C3=O)c(S)c1. The molecule has 3 aromatic rings. The minimum atomic E-state index is -0.292. The van der Waals surface area contributed by atoms with Gasteiger partial charge in [-0.15, -0.1) is 25.3 Å². The molecule has 4 rings (SSSR count). The van der Waals surface area contributed by atoms with Gasteiger partial charge in [0.2, 0.25) is 0 Å². The highest BCUT2D eigenvalue weighted by atomic mass is 32.1. The van der Waals surface area contributed by atoms with Gasteiger partial charge < -0.3 is 16.8 Å². The van der Waals surface area contributed by atoms with Crippen molar-refractivity contribution >= 4 is 59.6 Å². The van der Waals surface area contributed by atoms with Crippen LogP contribution in [0.5, 0.6) is 0 Å². The normalized spacial score (nSPS) is 12.5. The summed E-state index contributed by atoms with van der Waals surface area (Å²) in [4.78, 5) is 27.2. The summed E-state index contributed by atoms with van der Waals surface area (Å²) < 4.78 is 0. The maximum Gasteiger partial charge on any atom is 0.196 e. The molecule has 0 fully saturated rings. The van der Waals surface area contributed by atoms with E-state index < -0.39 is 0 Å². The van der Waals surface area contributed by atoms with E-state index in [9.17, 15) is 9.59 Å². The third kappa shape index (κ3) is 2.75. The predicted molar refractivity (Wildman–Crippen MR) is 113 cm³/mol. The monoisotopic (exact) mass is 393 g/mol. The Labute approximate surface area is 166 Å². The number of nitrogen functional groups attached to an aromatic ring is 2. The lowest BCUT2D eigenvalue weighted by atomic mass is 9.82. The summed E-state index contributed by atoms with van der Waals surface area (Å²) in [6.07, 6.45) is 0. The average Bonchev–Trinajstić information content (AvgIpc) is 2.64. The van der Waals surface area contributed by atoms with Crippen LogP contribution < -0.4 is 16.8 Å². The fourth-order valence-electron chi connectivity index (χ4n) is 3.20. The van der Waals surface area contributed by atoms with Crippen LogP contribution in [0.15, 0.2) is 58.3 Å². The zero-order valence-electron chi connectivity index (χ0n) is 14.0. The lowest BCUT2D eigenvalue weighted by molar-refractivity contribution is 0.0980. The molecule has 0 saturated carbocycles. The van der Waals surface area contributed by atoms with Crippen LogP contribution in [0.1, 0.15) is 31.8 Å². The van der Waals surface area contributed by atoms with E-state index in [0.29, 0.717) is 38.0 Å². The van der Waals surface area contributed by atoms with Gasteiger partial charge in [-0.1, -0.05) is 24.3 Å². The van der Waals surface area contributed by atoms with E-state index in [4.69, 9.17) is 11.5 Å². The Hall–Kier alpha value is -2.90. The summed E-state index contributed by atoms with van der Waals surface area (Å²) in [5.74, 6) is -0.557. The number of carbonyl (C=O) groups is 2. The Morgan fingerprint density at radius 3 is 2.00 bits per heavy atom. The van der Waals surface area contributed by atoms with Gasteiger partial charge >= 0.3 is 0 Å². The van der Waals surface area contributed by atoms with E-state index in [1.54, 1.807) is 48.5 Å². The van der Waals surface area contributed by atoms with E-state index in [1.165, 1.54) is 0 Å². The number of hydrogen-bond acceptors (Lipinski definition) is 7. The number of nitrogens with two attached hydrogens (primary N) is 2. The number of nitrogens with one attached hydrogen (secondary N) is 1. The van der Waals surface area contributed by atoms with E-state index in [0.717, 1.165) is 0 Å². The Morgan fingerprint density at radius 2 is 1.37 bits per heavy atom. The van der Waals surface area contributed by atoms with Crippen molar-refractivity contribution in [2.75, 3.05) is 16.8 Å². The number of anilines is 4. The summed E-state index contributed by atoms with van der Waals surface area (Å²) in [5, 5.41) is 3.17. The van der Waals surface area contributed by atoms with Crippen LogP contribution in [0, 0.1) is 0 Å². The molecule has 134 valence electrons. The van der Waals surface area contributed by atoms with Crippen LogP contribution >= 0.6 is 25.3 Å². The van der Waals surface area contributed by atoms with Crippen LogP contribution in [0.2, 0.25) is 0 Å². The zero-order chi connectivity index (χ0) is 19.3. The summed E-state index contributed by atoms with van der Waals surface area (Å²) in [6, 6.07) is 13.5. The molecule has 0 aliphatic heterocycles. The fourth-order valence-corrected chi connectivity index (χ4v) is 3.72. The van der Waals surface area contributed by atoms with Crippen molar-refractivity contribution in [2.24, 2.45) is 0 Å². The molecule has 1 aliphatic rings. The highest BCUT2D eigenvalue weighted by Gasteiger charge is 2.34. The van der Waals surface area contributed by atoms with E-state index in [2.05, 4.69) is 30.6 Å². The number of benzene rings is 3. The van der Waals surface area contributed by atoms with Crippen molar-refractivity contribution in [3.8, 4) is 0 Å². The van der Waals surface area contributed by atoms with Gasteiger partial charge in [-0.2, -0.15) is 0 Å². The first kappa shape index (κ1) is 17.5. The summed E-state index contributed by atoms with van der Waals surface area (Å²) >= 11 is 8.80. The second-order valence-electron chi connectivity index (χ2n) is 6.21. The van der Waals surface area contributed by atoms with Gasteiger partial charge in [0.15, 0.2) is 11.6 Å². The molecule has 0 atom stereocenters. The van der Waals surface area contributed by atoms with E-state index >= 15 is 0 Å². The van der Waals surface area contributed by atoms with Crippen LogP contribution in [0.3, 0.4) is 0 Å². The number of thiol groups is 2. The van der Waals surface area contributed by atoms with Crippen molar-refractivity contribution in [3.05, 3.63) is 70.8 Å². The first-order valence-corrected chi connectivity index (χ1v) is 8.97. The van der Waals surface area contributed by atoms with Crippen LogP contribution in [0.4, 0.5) is 22.7 Å². The van der Waals surface area contributed by atoms with Crippen molar-refractivity contribution in [3.63, 3.8) is 0 Å². The summed E-state index contributed by atoms with van der Waals surface area (Å²) in [6.45, 7) is 0. The van der Waals surface area contributed by atoms with Crippen molar-refractivity contribution in [2.45, 2.75) is 9.79 Å². The Bertz CT molecular complexity index is 1140. The van der Waals surface area contributed by atoms with Crippen LogP contribution in [-0.2, 0) is 0 Å². The maximum atomic E-state index is 13.2. The summed E-state index contributed by atoms with van der Waals surface area (Å²) in [5.41, 5.74) is 14.8. The molecule has 5 nitrogen and oxygen atoms in total. The van der Waals surface area contributed by atoms with Crippen LogP contribution in [-0.4, -0.2) is 11.6 Å². The lowest BCUT2D eigenvalue weighted by Crippen LogP contribution is -2.24. The maximum absolute atomic E-state index is 13.2.